The average molecular weight is 590 g/mol. The lowest BCUT2D eigenvalue weighted by Crippen LogP contribution is -2.30. The van der Waals surface area contributed by atoms with Crippen LogP contribution in [0.4, 0.5) is 13.2 Å². The van der Waals surface area contributed by atoms with Crippen LogP contribution in [0.1, 0.15) is 46.7 Å². The molecule has 43 heavy (non-hydrogen) atoms. The molecule has 0 atom stereocenters. The first-order valence-electron chi connectivity index (χ1n) is 13.5. The van der Waals surface area contributed by atoms with Crippen LogP contribution in [0.5, 0.6) is 5.88 Å². The highest BCUT2D eigenvalue weighted by Crippen LogP contribution is 2.29. The van der Waals surface area contributed by atoms with Crippen LogP contribution in [0.3, 0.4) is 0 Å². The first kappa shape index (κ1) is 29.8. The number of carboxylic acids is 1. The van der Waals surface area contributed by atoms with Crippen molar-refractivity contribution in [1.82, 2.24) is 14.5 Å². The number of hydrogen-bond acceptors (Lipinski definition) is 5. The summed E-state index contributed by atoms with van der Waals surface area (Å²) >= 11 is 0. The molecule has 5 aromatic rings. The van der Waals surface area contributed by atoms with Crippen LogP contribution in [0.15, 0.2) is 66.7 Å². The predicted octanol–water partition coefficient (Wildman–Crippen LogP) is 7.12. The number of nitrogens with zero attached hydrogens (tertiary/aromatic N) is 3. The molecule has 3 aromatic carbocycles. The molecule has 0 amide bonds. The Morgan fingerprint density at radius 3 is 2.42 bits per heavy atom. The van der Waals surface area contributed by atoms with E-state index in [1.807, 2.05) is 13.8 Å². The van der Waals surface area contributed by atoms with Crippen LogP contribution < -0.4 is 4.74 Å². The lowest BCUT2D eigenvalue weighted by Gasteiger charge is -2.25. The summed E-state index contributed by atoms with van der Waals surface area (Å²) in [6.45, 7) is 5.73. The standard InChI is InChI=1S/C33H30F3N3O4/c1-19-8-9-21(24(34)12-19)17-43-31-7-5-6-27(38-31)23-16-25(35)22(13-26(23)36)15-30-37-28-11-10-20(32(40)41)14-29(28)39(30)18-33(2,3)42-4/h5-14,16H,15,17-18H2,1-4H3,(H,40,41). The van der Waals surface area contributed by atoms with Crippen LogP contribution in [-0.2, 0) is 24.3 Å². The summed E-state index contributed by atoms with van der Waals surface area (Å²) in [5.74, 6) is -2.29. The van der Waals surface area contributed by atoms with Gasteiger partial charge in [0.25, 0.3) is 0 Å². The van der Waals surface area contributed by atoms with Crippen LogP contribution in [0, 0.1) is 24.4 Å². The summed E-state index contributed by atoms with van der Waals surface area (Å²) in [5, 5.41) is 9.49. The van der Waals surface area contributed by atoms with Gasteiger partial charge in [-0.2, -0.15) is 0 Å². The van der Waals surface area contributed by atoms with E-state index < -0.39 is 29.0 Å². The Balaban J connectivity index is 1.44. The topological polar surface area (TPSA) is 86.5 Å². The van der Waals surface area contributed by atoms with E-state index in [4.69, 9.17) is 9.47 Å². The number of aromatic nitrogens is 3. The van der Waals surface area contributed by atoms with Crippen molar-refractivity contribution in [2.75, 3.05) is 7.11 Å². The molecular formula is C33H30F3N3O4. The zero-order valence-electron chi connectivity index (χ0n) is 24.1. The van der Waals surface area contributed by atoms with E-state index >= 15 is 8.78 Å². The third-order valence-corrected chi connectivity index (χ3v) is 7.23. The molecule has 0 aliphatic carbocycles. The number of methoxy groups -OCH3 is 1. The molecule has 2 heterocycles. The first-order chi connectivity index (χ1) is 20.4. The number of halogens is 3. The van der Waals surface area contributed by atoms with E-state index in [1.165, 1.54) is 24.3 Å². The van der Waals surface area contributed by atoms with Gasteiger partial charge in [-0.05, 0) is 74.4 Å². The SMILES string of the molecule is COC(C)(C)Cn1c(Cc2cc(F)c(-c3cccc(OCc4ccc(C)cc4F)n3)cc2F)nc2ccc(C(=O)O)cc21. The van der Waals surface area contributed by atoms with E-state index in [1.54, 1.807) is 48.9 Å². The number of aromatic carboxylic acids is 1. The van der Waals surface area contributed by atoms with Crippen LogP contribution in [0.2, 0.25) is 0 Å². The number of pyridine rings is 1. The van der Waals surface area contributed by atoms with Crippen molar-refractivity contribution in [3.05, 3.63) is 112 Å². The van der Waals surface area contributed by atoms with Gasteiger partial charge >= 0.3 is 5.97 Å². The number of ether oxygens (including phenoxy) is 2. The summed E-state index contributed by atoms with van der Waals surface area (Å²) in [7, 11) is 1.56. The zero-order valence-corrected chi connectivity index (χ0v) is 24.1. The monoisotopic (exact) mass is 589 g/mol. The molecule has 0 saturated heterocycles. The normalized spacial score (nSPS) is 11.7. The quantitative estimate of drug-likeness (QED) is 0.187. The molecule has 0 aliphatic rings. The number of carbonyl (C=O) groups is 1. The fourth-order valence-corrected chi connectivity index (χ4v) is 4.72. The van der Waals surface area contributed by atoms with Gasteiger partial charge in [0.05, 0.1) is 34.4 Å². The molecule has 0 unspecified atom stereocenters. The van der Waals surface area contributed by atoms with E-state index in [9.17, 15) is 14.3 Å². The van der Waals surface area contributed by atoms with E-state index in [0.29, 0.717) is 29.0 Å². The minimum atomic E-state index is -1.09. The molecule has 0 radical (unpaired) electrons. The number of imidazole rings is 1. The van der Waals surface area contributed by atoms with Crippen molar-refractivity contribution in [1.29, 1.82) is 0 Å². The number of rotatable bonds is 10. The van der Waals surface area contributed by atoms with Crippen molar-refractivity contribution < 1.29 is 32.5 Å². The summed E-state index contributed by atoms with van der Waals surface area (Å²) in [5.41, 5.74) is 1.78. The van der Waals surface area contributed by atoms with Crippen LogP contribution in [-0.4, -0.2) is 38.3 Å². The minimum Gasteiger partial charge on any atom is -0.478 e. The van der Waals surface area contributed by atoms with Gasteiger partial charge in [-0.1, -0.05) is 18.2 Å². The van der Waals surface area contributed by atoms with Gasteiger partial charge < -0.3 is 19.1 Å². The molecular weight excluding hydrogens is 559 g/mol. The van der Waals surface area contributed by atoms with Gasteiger partial charge in [0.2, 0.25) is 5.88 Å². The van der Waals surface area contributed by atoms with Crippen molar-refractivity contribution in [2.45, 2.75) is 45.9 Å². The molecule has 5 rings (SSSR count). The second kappa shape index (κ2) is 11.9. The summed E-state index contributed by atoms with van der Waals surface area (Å²) in [6, 6.07) is 16.2. The molecule has 0 aliphatic heterocycles. The van der Waals surface area contributed by atoms with Gasteiger partial charge in [0.1, 0.15) is 29.9 Å². The molecule has 0 saturated carbocycles. The summed E-state index contributed by atoms with van der Waals surface area (Å²) in [4.78, 5) is 20.5. The predicted molar refractivity (Wildman–Crippen MR) is 156 cm³/mol. The van der Waals surface area contributed by atoms with Crippen molar-refractivity contribution in [3.63, 3.8) is 0 Å². The Hall–Kier alpha value is -4.70. The van der Waals surface area contributed by atoms with Gasteiger partial charge in [0, 0.05) is 30.7 Å². The smallest absolute Gasteiger partial charge is 0.335 e. The lowest BCUT2D eigenvalue weighted by atomic mass is 10.0. The number of fused-ring (bicyclic) bond motifs is 1. The van der Waals surface area contributed by atoms with Crippen LogP contribution in [0.25, 0.3) is 22.3 Å². The fraction of sp³-hybridized carbons (Fsp3) is 0.242. The molecule has 1 N–H and O–H groups in total. The summed E-state index contributed by atoms with van der Waals surface area (Å²) < 4.78 is 58.1. The first-order valence-corrected chi connectivity index (χ1v) is 13.5. The van der Waals surface area contributed by atoms with E-state index in [-0.39, 0.29) is 41.3 Å². The molecule has 0 spiro atoms. The molecule has 0 fully saturated rings. The molecule has 222 valence electrons. The number of aryl methyl sites for hydroxylation is 1. The third-order valence-electron chi connectivity index (χ3n) is 7.23. The average Bonchev–Trinajstić information content (AvgIpc) is 3.29. The minimum absolute atomic E-state index is 0.0569. The number of benzene rings is 3. The third kappa shape index (κ3) is 6.54. The van der Waals surface area contributed by atoms with Crippen molar-refractivity contribution in [2.24, 2.45) is 0 Å². The van der Waals surface area contributed by atoms with Gasteiger partial charge in [-0.3, -0.25) is 0 Å². The second-order valence-electron chi connectivity index (χ2n) is 10.9. The number of hydrogen-bond donors (Lipinski definition) is 1. The Kier molecular flexibility index (Phi) is 8.23. The molecule has 7 nitrogen and oxygen atoms in total. The maximum Gasteiger partial charge on any atom is 0.335 e. The Bertz CT molecular complexity index is 1830. The van der Waals surface area contributed by atoms with E-state index in [0.717, 1.165) is 17.7 Å². The molecule has 2 aromatic heterocycles. The van der Waals surface area contributed by atoms with Gasteiger partial charge in [-0.15, -0.1) is 0 Å². The number of carboxylic acid groups (broad SMARTS) is 1. The zero-order chi connectivity index (χ0) is 30.9. The highest BCUT2D eigenvalue weighted by molar-refractivity contribution is 5.92. The molecule has 10 heteroatoms. The Labute approximate surface area is 246 Å². The second-order valence-corrected chi connectivity index (χ2v) is 10.9. The van der Waals surface area contributed by atoms with E-state index in [2.05, 4.69) is 9.97 Å². The maximum absolute atomic E-state index is 15.5. The summed E-state index contributed by atoms with van der Waals surface area (Å²) in [6.07, 6.45) is -0.0569. The van der Waals surface area contributed by atoms with Crippen LogP contribution >= 0.6 is 0 Å². The van der Waals surface area contributed by atoms with Gasteiger partial charge in [0.15, 0.2) is 0 Å². The maximum atomic E-state index is 15.5. The van der Waals surface area contributed by atoms with Crippen molar-refractivity contribution >= 4 is 17.0 Å². The highest BCUT2D eigenvalue weighted by atomic mass is 19.1. The highest BCUT2D eigenvalue weighted by Gasteiger charge is 2.24. The lowest BCUT2D eigenvalue weighted by molar-refractivity contribution is 0.00848. The molecule has 0 bridgehead atoms. The largest absolute Gasteiger partial charge is 0.478 e. The van der Waals surface area contributed by atoms with Gasteiger partial charge in [-0.25, -0.2) is 27.9 Å². The fourth-order valence-electron chi connectivity index (χ4n) is 4.72. The van der Waals surface area contributed by atoms with Crippen molar-refractivity contribution in [3.8, 4) is 17.1 Å². The Morgan fingerprint density at radius 1 is 0.930 bits per heavy atom. The Morgan fingerprint density at radius 2 is 1.70 bits per heavy atom.